The molecule has 0 radical (unpaired) electrons. The number of nitrogens with zero attached hydrogens (tertiary/aromatic N) is 2. The summed E-state index contributed by atoms with van der Waals surface area (Å²) < 4.78 is 10.7. The third-order valence-electron chi connectivity index (χ3n) is 4.86. The number of esters is 2. The standard InChI is InChI=1S/C17H30N2O4/c1-3-19-11-7-9-15(19)17(21)23-13-5-4-12-22-16(20)14-8-6-10-18(14)2/h14-15H,3-13H2,1-2H3. The molecule has 2 unspecified atom stereocenters. The molecule has 0 aliphatic carbocycles. The van der Waals surface area contributed by atoms with Crippen molar-refractivity contribution in [3.63, 3.8) is 0 Å². The van der Waals surface area contributed by atoms with Gasteiger partial charge in [0.1, 0.15) is 12.1 Å². The minimum absolute atomic E-state index is 0.0595. The largest absolute Gasteiger partial charge is 0.465 e. The summed E-state index contributed by atoms with van der Waals surface area (Å²) in [4.78, 5) is 28.1. The molecular weight excluding hydrogens is 296 g/mol. The van der Waals surface area contributed by atoms with Crippen LogP contribution < -0.4 is 0 Å². The van der Waals surface area contributed by atoms with Gasteiger partial charge in [0.15, 0.2) is 0 Å². The molecule has 0 bridgehead atoms. The van der Waals surface area contributed by atoms with Crippen LogP contribution in [0.15, 0.2) is 0 Å². The third-order valence-corrected chi connectivity index (χ3v) is 4.86. The summed E-state index contributed by atoms with van der Waals surface area (Å²) in [6.07, 6.45) is 5.39. The molecule has 2 atom stereocenters. The smallest absolute Gasteiger partial charge is 0.323 e. The molecule has 0 amide bonds. The van der Waals surface area contributed by atoms with Crippen molar-refractivity contribution in [2.45, 2.75) is 57.5 Å². The van der Waals surface area contributed by atoms with Crippen LogP contribution in [-0.4, -0.2) is 73.7 Å². The van der Waals surface area contributed by atoms with Crippen LogP contribution in [0.5, 0.6) is 0 Å². The number of likely N-dealkylation sites (tertiary alicyclic amines) is 2. The Labute approximate surface area is 139 Å². The molecule has 6 heteroatoms. The van der Waals surface area contributed by atoms with Gasteiger partial charge in [0.2, 0.25) is 0 Å². The van der Waals surface area contributed by atoms with E-state index in [0.717, 1.165) is 58.2 Å². The minimum Gasteiger partial charge on any atom is -0.465 e. The molecule has 2 rings (SSSR count). The van der Waals surface area contributed by atoms with Gasteiger partial charge in [0, 0.05) is 0 Å². The average molecular weight is 326 g/mol. The van der Waals surface area contributed by atoms with Crippen LogP contribution in [0, 0.1) is 0 Å². The van der Waals surface area contributed by atoms with Gasteiger partial charge >= 0.3 is 11.9 Å². The van der Waals surface area contributed by atoms with Crippen LogP contribution in [0.2, 0.25) is 0 Å². The van der Waals surface area contributed by atoms with Gasteiger partial charge in [-0.1, -0.05) is 6.92 Å². The van der Waals surface area contributed by atoms with Crippen LogP contribution in [0.4, 0.5) is 0 Å². The number of hydrogen-bond acceptors (Lipinski definition) is 6. The zero-order valence-electron chi connectivity index (χ0n) is 14.5. The highest BCUT2D eigenvalue weighted by Crippen LogP contribution is 2.18. The van der Waals surface area contributed by atoms with Gasteiger partial charge in [0.25, 0.3) is 0 Å². The lowest BCUT2D eigenvalue weighted by atomic mass is 10.2. The normalized spacial score (nSPS) is 25.7. The van der Waals surface area contributed by atoms with Crippen molar-refractivity contribution in [1.29, 1.82) is 0 Å². The van der Waals surface area contributed by atoms with Gasteiger partial charge in [-0.15, -0.1) is 0 Å². The molecule has 0 saturated carbocycles. The van der Waals surface area contributed by atoms with E-state index in [4.69, 9.17) is 9.47 Å². The molecule has 2 heterocycles. The Morgan fingerprint density at radius 1 is 0.957 bits per heavy atom. The number of ether oxygens (including phenoxy) is 2. The maximum Gasteiger partial charge on any atom is 0.323 e. The number of rotatable bonds is 8. The molecule has 0 aromatic rings. The van der Waals surface area contributed by atoms with E-state index >= 15 is 0 Å². The second-order valence-electron chi connectivity index (χ2n) is 6.47. The molecular formula is C17H30N2O4. The summed E-state index contributed by atoms with van der Waals surface area (Å²) in [5.41, 5.74) is 0. The third kappa shape index (κ3) is 5.18. The van der Waals surface area contributed by atoms with E-state index in [9.17, 15) is 9.59 Å². The van der Waals surface area contributed by atoms with Crippen LogP contribution in [0.3, 0.4) is 0 Å². The van der Waals surface area contributed by atoms with Crippen molar-refractivity contribution in [3.8, 4) is 0 Å². The highest BCUT2D eigenvalue weighted by Gasteiger charge is 2.30. The van der Waals surface area contributed by atoms with E-state index in [-0.39, 0.29) is 24.0 Å². The van der Waals surface area contributed by atoms with E-state index in [1.807, 2.05) is 11.9 Å². The highest BCUT2D eigenvalue weighted by molar-refractivity contribution is 5.76. The van der Waals surface area contributed by atoms with E-state index in [1.165, 1.54) is 0 Å². The molecule has 0 spiro atoms. The second kappa shape index (κ2) is 9.23. The van der Waals surface area contributed by atoms with Gasteiger partial charge in [-0.2, -0.15) is 0 Å². The molecule has 132 valence electrons. The Morgan fingerprint density at radius 3 is 2.09 bits per heavy atom. The first kappa shape index (κ1) is 18.2. The van der Waals surface area contributed by atoms with Crippen molar-refractivity contribution in [2.24, 2.45) is 0 Å². The molecule has 2 aliphatic rings. The number of unbranched alkanes of at least 4 members (excludes halogenated alkanes) is 1. The Bertz CT molecular complexity index is 402. The van der Waals surface area contributed by atoms with Crippen molar-refractivity contribution < 1.29 is 19.1 Å². The summed E-state index contributed by atoms with van der Waals surface area (Å²) in [6.45, 7) is 5.74. The number of likely N-dealkylation sites (N-methyl/N-ethyl adjacent to an activating group) is 2. The van der Waals surface area contributed by atoms with Gasteiger partial charge in [-0.25, -0.2) is 0 Å². The quantitative estimate of drug-likeness (QED) is 0.497. The Hall–Kier alpha value is -1.14. The van der Waals surface area contributed by atoms with Crippen LogP contribution in [0.25, 0.3) is 0 Å². The maximum atomic E-state index is 12.0. The van der Waals surface area contributed by atoms with Crippen molar-refractivity contribution in [2.75, 3.05) is 39.9 Å². The van der Waals surface area contributed by atoms with Gasteiger partial charge in [-0.3, -0.25) is 19.4 Å². The zero-order chi connectivity index (χ0) is 16.7. The van der Waals surface area contributed by atoms with Crippen LogP contribution >= 0.6 is 0 Å². The zero-order valence-corrected chi connectivity index (χ0v) is 14.5. The lowest BCUT2D eigenvalue weighted by molar-refractivity contribution is -0.151. The summed E-state index contributed by atoms with van der Waals surface area (Å²) >= 11 is 0. The number of carbonyl (C=O) groups excluding carboxylic acids is 2. The molecule has 2 aliphatic heterocycles. The molecule has 2 fully saturated rings. The van der Waals surface area contributed by atoms with E-state index in [0.29, 0.717) is 13.2 Å². The van der Waals surface area contributed by atoms with Gasteiger partial charge in [0.05, 0.1) is 13.2 Å². The summed E-state index contributed by atoms with van der Waals surface area (Å²) in [5, 5.41) is 0. The fourth-order valence-corrected chi connectivity index (χ4v) is 3.42. The number of carbonyl (C=O) groups is 2. The summed E-state index contributed by atoms with van der Waals surface area (Å²) in [5.74, 6) is -0.222. The lowest BCUT2D eigenvalue weighted by Gasteiger charge is -2.21. The highest BCUT2D eigenvalue weighted by atomic mass is 16.5. The van der Waals surface area contributed by atoms with E-state index in [2.05, 4.69) is 11.8 Å². The monoisotopic (exact) mass is 326 g/mol. The van der Waals surface area contributed by atoms with Crippen LogP contribution in [-0.2, 0) is 19.1 Å². The average Bonchev–Trinajstić information content (AvgIpc) is 3.18. The van der Waals surface area contributed by atoms with Gasteiger partial charge in [-0.05, 0) is 65.2 Å². The second-order valence-corrected chi connectivity index (χ2v) is 6.47. The Balaban J connectivity index is 1.52. The SMILES string of the molecule is CCN1CCCC1C(=O)OCCCCOC(=O)C1CCCN1C. The lowest BCUT2D eigenvalue weighted by Crippen LogP contribution is -2.37. The first-order valence-corrected chi connectivity index (χ1v) is 8.91. The van der Waals surface area contributed by atoms with E-state index < -0.39 is 0 Å². The van der Waals surface area contributed by atoms with E-state index in [1.54, 1.807) is 0 Å². The fraction of sp³-hybridized carbons (Fsp3) is 0.882. The predicted octanol–water partition coefficient (Wildman–Crippen LogP) is 1.43. The summed E-state index contributed by atoms with van der Waals surface area (Å²) in [6, 6.07) is -0.133. The van der Waals surface area contributed by atoms with Gasteiger partial charge < -0.3 is 9.47 Å². The number of hydrogen-bond donors (Lipinski definition) is 0. The predicted molar refractivity (Wildman–Crippen MR) is 87.1 cm³/mol. The molecule has 23 heavy (non-hydrogen) atoms. The summed E-state index contributed by atoms with van der Waals surface area (Å²) in [7, 11) is 1.96. The molecule has 6 nitrogen and oxygen atoms in total. The molecule has 2 saturated heterocycles. The Kier molecular flexibility index (Phi) is 7.30. The first-order chi connectivity index (χ1) is 11.1. The van der Waals surface area contributed by atoms with Crippen molar-refractivity contribution in [3.05, 3.63) is 0 Å². The topological polar surface area (TPSA) is 59.1 Å². The molecule has 0 aromatic carbocycles. The van der Waals surface area contributed by atoms with Crippen LogP contribution in [0.1, 0.15) is 45.4 Å². The fourth-order valence-electron chi connectivity index (χ4n) is 3.42. The first-order valence-electron chi connectivity index (χ1n) is 8.91. The molecule has 0 N–H and O–H groups in total. The van der Waals surface area contributed by atoms with Crippen molar-refractivity contribution >= 4 is 11.9 Å². The maximum absolute atomic E-state index is 12.0. The Morgan fingerprint density at radius 2 is 1.52 bits per heavy atom. The minimum atomic E-state index is -0.119. The molecule has 0 aromatic heterocycles. The van der Waals surface area contributed by atoms with Crippen molar-refractivity contribution in [1.82, 2.24) is 9.80 Å².